The van der Waals surface area contributed by atoms with Crippen LogP contribution in [-0.4, -0.2) is 10.7 Å². The smallest absolute Gasteiger partial charge is 0.270 e. The van der Waals surface area contributed by atoms with Crippen LogP contribution in [0.4, 0.5) is 5.69 Å². The van der Waals surface area contributed by atoms with Crippen molar-refractivity contribution < 1.29 is 9.72 Å². The number of ketones is 1. The van der Waals surface area contributed by atoms with Gasteiger partial charge in [0.05, 0.1) is 16.6 Å². The topological polar surface area (TPSA) is 84.0 Å². The van der Waals surface area contributed by atoms with Crippen molar-refractivity contribution in [1.82, 2.24) is 0 Å². The van der Waals surface area contributed by atoms with Crippen LogP contribution in [0, 0.1) is 21.4 Å². The number of nitriles is 1. The van der Waals surface area contributed by atoms with Crippen LogP contribution in [0.5, 0.6) is 0 Å². The monoisotopic (exact) mass is 312 g/mol. The van der Waals surface area contributed by atoms with E-state index in [0.29, 0.717) is 21.7 Å². The number of non-ortho nitro benzene ring substituents is 1. The van der Waals surface area contributed by atoms with Gasteiger partial charge in [0.1, 0.15) is 0 Å². The van der Waals surface area contributed by atoms with Crippen LogP contribution in [0.15, 0.2) is 48.5 Å². The highest BCUT2D eigenvalue weighted by atomic mass is 35.5. The number of allylic oxidation sites excluding steroid dienone is 1. The Morgan fingerprint density at radius 1 is 1.23 bits per heavy atom. The van der Waals surface area contributed by atoms with Crippen molar-refractivity contribution >= 4 is 29.1 Å². The Balaban J connectivity index is 2.24. The first-order valence-corrected chi connectivity index (χ1v) is 6.55. The molecule has 0 saturated carbocycles. The van der Waals surface area contributed by atoms with E-state index in [0.717, 1.165) is 0 Å². The van der Waals surface area contributed by atoms with Crippen LogP contribution in [-0.2, 0) is 0 Å². The van der Waals surface area contributed by atoms with Crippen molar-refractivity contribution in [3.63, 3.8) is 0 Å². The van der Waals surface area contributed by atoms with Gasteiger partial charge in [0, 0.05) is 22.7 Å². The average molecular weight is 313 g/mol. The number of rotatable bonds is 4. The zero-order valence-electron chi connectivity index (χ0n) is 11.2. The number of carbonyl (C=O) groups is 1. The molecular weight excluding hydrogens is 304 g/mol. The molecule has 2 aromatic rings. The first-order valence-electron chi connectivity index (χ1n) is 6.18. The predicted molar refractivity (Wildman–Crippen MR) is 82.6 cm³/mol. The van der Waals surface area contributed by atoms with Gasteiger partial charge in [-0.25, -0.2) is 0 Å². The zero-order chi connectivity index (χ0) is 16.1. The lowest BCUT2D eigenvalue weighted by atomic mass is 10.1. The molecule has 0 spiro atoms. The molecule has 0 aliphatic heterocycles. The summed E-state index contributed by atoms with van der Waals surface area (Å²) in [5.74, 6) is -0.285. The largest absolute Gasteiger partial charge is 0.289 e. The molecule has 6 heteroatoms. The number of carbonyl (C=O) groups excluding carboxylic acids is 1. The van der Waals surface area contributed by atoms with E-state index >= 15 is 0 Å². The molecule has 0 unspecified atom stereocenters. The molecule has 0 aliphatic rings. The molecular formula is C16H9ClN2O3. The fraction of sp³-hybridized carbons (Fsp3) is 0. The van der Waals surface area contributed by atoms with Crippen molar-refractivity contribution in [2.45, 2.75) is 0 Å². The van der Waals surface area contributed by atoms with E-state index in [9.17, 15) is 14.9 Å². The summed E-state index contributed by atoms with van der Waals surface area (Å²) in [6.45, 7) is 0. The molecule has 0 aromatic heterocycles. The molecule has 0 saturated heterocycles. The first kappa shape index (κ1) is 15.4. The molecule has 2 rings (SSSR count). The minimum absolute atomic E-state index is 0.102. The zero-order valence-corrected chi connectivity index (χ0v) is 11.9. The van der Waals surface area contributed by atoms with Crippen LogP contribution in [0.2, 0.25) is 5.02 Å². The molecule has 0 N–H and O–H groups in total. The molecule has 0 radical (unpaired) electrons. The van der Waals surface area contributed by atoms with E-state index in [2.05, 4.69) is 0 Å². The summed E-state index contributed by atoms with van der Waals surface area (Å²) in [4.78, 5) is 22.2. The summed E-state index contributed by atoms with van der Waals surface area (Å²) < 4.78 is 0. The molecule has 22 heavy (non-hydrogen) atoms. The molecule has 0 fully saturated rings. The second kappa shape index (κ2) is 6.66. The highest BCUT2D eigenvalue weighted by Gasteiger charge is 2.08. The highest BCUT2D eigenvalue weighted by Crippen LogP contribution is 2.23. The van der Waals surface area contributed by atoms with Gasteiger partial charge >= 0.3 is 0 Å². The van der Waals surface area contributed by atoms with Gasteiger partial charge in [0.15, 0.2) is 5.78 Å². The Bertz CT molecular complexity index is 805. The number of hydrogen-bond donors (Lipinski definition) is 0. The highest BCUT2D eigenvalue weighted by molar-refractivity contribution is 6.32. The normalized spacial score (nSPS) is 10.4. The Hall–Kier alpha value is -2.97. The number of halogens is 1. The van der Waals surface area contributed by atoms with Crippen LogP contribution in [0.25, 0.3) is 6.08 Å². The minimum atomic E-state index is -0.532. The number of benzene rings is 2. The third-order valence-electron chi connectivity index (χ3n) is 2.90. The molecule has 0 aliphatic carbocycles. The van der Waals surface area contributed by atoms with Crippen LogP contribution in [0.1, 0.15) is 21.5 Å². The average Bonchev–Trinajstić information content (AvgIpc) is 2.53. The van der Waals surface area contributed by atoms with Gasteiger partial charge < -0.3 is 0 Å². The molecule has 108 valence electrons. The number of nitro benzene ring substituents is 1. The Morgan fingerprint density at radius 3 is 2.50 bits per heavy atom. The molecule has 0 amide bonds. The second-order valence-electron chi connectivity index (χ2n) is 4.35. The Labute approximate surface area is 131 Å². The fourth-order valence-electron chi connectivity index (χ4n) is 1.74. The molecule has 5 nitrogen and oxygen atoms in total. The predicted octanol–water partition coefficient (Wildman–Crippen LogP) is 4.02. The summed E-state index contributed by atoms with van der Waals surface area (Å²) >= 11 is 5.95. The lowest BCUT2D eigenvalue weighted by Crippen LogP contribution is -1.94. The lowest BCUT2D eigenvalue weighted by Gasteiger charge is -1.99. The molecule has 0 bridgehead atoms. The summed E-state index contributed by atoms with van der Waals surface area (Å²) in [7, 11) is 0. The van der Waals surface area contributed by atoms with Gasteiger partial charge in [-0.05, 0) is 48.0 Å². The van der Waals surface area contributed by atoms with Crippen LogP contribution in [0.3, 0.4) is 0 Å². The van der Waals surface area contributed by atoms with Gasteiger partial charge in [-0.1, -0.05) is 11.6 Å². The second-order valence-corrected chi connectivity index (χ2v) is 4.76. The number of nitro groups is 1. The lowest BCUT2D eigenvalue weighted by molar-refractivity contribution is -0.384. The number of nitrogens with zero attached hydrogens (tertiary/aromatic N) is 2. The first-order chi connectivity index (χ1) is 10.5. The third-order valence-corrected chi connectivity index (χ3v) is 3.25. The van der Waals surface area contributed by atoms with Gasteiger partial charge in [0.2, 0.25) is 0 Å². The van der Waals surface area contributed by atoms with Crippen molar-refractivity contribution in [2.75, 3.05) is 0 Å². The van der Waals surface area contributed by atoms with Crippen LogP contribution < -0.4 is 0 Å². The molecule has 0 atom stereocenters. The molecule has 0 heterocycles. The minimum Gasteiger partial charge on any atom is -0.289 e. The van der Waals surface area contributed by atoms with E-state index in [1.54, 1.807) is 24.3 Å². The van der Waals surface area contributed by atoms with Crippen molar-refractivity contribution in [3.05, 3.63) is 80.4 Å². The maximum Gasteiger partial charge on any atom is 0.270 e. The summed E-state index contributed by atoms with van der Waals surface area (Å²) in [5.41, 5.74) is 1.16. The summed E-state index contributed by atoms with van der Waals surface area (Å²) in [6.07, 6.45) is 2.71. The van der Waals surface area contributed by atoms with Gasteiger partial charge in [-0.15, -0.1) is 0 Å². The van der Waals surface area contributed by atoms with Crippen molar-refractivity contribution in [3.8, 4) is 6.07 Å². The maximum atomic E-state index is 12.0. The molecule has 2 aromatic carbocycles. The Kier molecular flexibility index (Phi) is 4.66. The quantitative estimate of drug-likeness (QED) is 0.369. The van der Waals surface area contributed by atoms with E-state index < -0.39 is 4.92 Å². The van der Waals surface area contributed by atoms with E-state index in [-0.39, 0.29) is 11.5 Å². The Morgan fingerprint density at radius 2 is 1.91 bits per heavy atom. The maximum absolute atomic E-state index is 12.0. The standard InChI is InChI=1S/C16H9ClN2O3/c17-15-7-6-14(19(21)22)9-13(15)5-8-16(20)12-3-1-11(10-18)2-4-12/h1-9H/b8-5+. The van der Waals surface area contributed by atoms with Gasteiger partial charge in [-0.2, -0.15) is 5.26 Å². The van der Waals surface area contributed by atoms with Gasteiger partial charge in [0.25, 0.3) is 5.69 Å². The number of hydrogen-bond acceptors (Lipinski definition) is 4. The fourth-order valence-corrected chi connectivity index (χ4v) is 1.92. The van der Waals surface area contributed by atoms with Gasteiger partial charge in [-0.3, -0.25) is 14.9 Å². The van der Waals surface area contributed by atoms with E-state index in [1.165, 1.54) is 30.4 Å². The summed E-state index contributed by atoms with van der Waals surface area (Å²) in [6, 6.07) is 12.1. The van der Waals surface area contributed by atoms with Crippen molar-refractivity contribution in [1.29, 1.82) is 5.26 Å². The third kappa shape index (κ3) is 3.57. The summed E-state index contributed by atoms with van der Waals surface area (Å²) in [5, 5.41) is 19.7. The van der Waals surface area contributed by atoms with Crippen LogP contribution >= 0.6 is 11.6 Å². The van der Waals surface area contributed by atoms with E-state index in [4.69, 9.17) is 16.9 Å². The van der Waals surface area contributed by atoms with Crippen molar-refractivity contribution in [2.24, 2.45) is 0 Å². The van der Waals surface area contributed by atoms with E-state index in [1.807, 2.05) is 6.07 Å². The SMILES string of the molecule is N#Cc1ccc(C(=O)/C=C/c2cc([N+](=O)[O-])ccc2Cl)cc1.